The lowest BCUT2D eigenvalue weighted by molar-refractivity contribution is 0.101. The zero-order valence-electron chi connectivity index (χ0n) is 14.0. The van der Waals surface area contributed by atoms with E-state index in [4.69, 9.17) is 4.42 Å². The van der Waals surface area contributed by atoms with E-state index in [2.05, 4.69) is 15.3 Å². The zero-order chi connectivity index (χ0) is 17.4. The summed E-state index contributed by atoms with van der Waals surface area (Å²) < 4.78 is 5.98. The molecule has 4 aromatic rings. The summed E-state index contributed by atoms with van der Waals surface area (Å²) in [6.07, 6.45) is 0.730. The van der Waals surface area contributed by atoms with Gasteiger partial charge >= 0.3 is 0 Å². The van der Waals surface area contributed by atoms with Crippen molar-refractivity contribution >= 4 is 39.4 Å². The van der Waals surface area contributed by atoms with Gasteiger partial charge in [-0.15, -0.1) is 0 Å². The van der Waals surface area contributed by atoms with Crippen molar-refractivity contribution in [1.29, 1.82) is 0 Å². The Morgan fingerprint density at radius 2 is 1.84 bits per heavy atom. The number of Topliss-reactive ketones (excluding diaryl/α,β-unsaturated/α-hetero) is 1. The summed E-state index contributed by atoms with van der Waals surface area (Å²) in [4.78, 5) is 20.6. The number of aryl methyl sites for hydroxylation is 1. The number of nitrogens with zero attached hydrogens (tertiary/aromatic N) is 2. The van der Waals surface area contributed by atoms with Gasteiger partial charge in [-0.05, 0) is 43.3 Å². The van der Waals surface area contributed by atoms with Crippen LogP contribution in [0.1, 0.15) is 30.0 Å². The molecule has 25 heavy (non-hydrogen) atoms. The summed E-state index contributed by atoms with van der Waals surface area (Å²) in [7, 11) is 0. The highest BCUT2D eigenvalue weighted by atomic mass is 16.3. The normalized spacial score (nSPS) is 11.1. The topological polar surface area (TPSA) is 68.0 Å². The summed E-state index contributed by atoms with van der Waals surface area (Å²) in [6.45, 7) is 3.58. The molecular formula is C20H17N3O2. The first-order valence-corrected chi connectivity index (χ1v) is 8.22. The standard InChI is InChI=1S/C20H17N3O2/c1-3-17-22-18-15-6-4-5-7-16(15)25-19(18)20(23-17)21-14-10-8-13(9-11-14)12(2)24/h4-11H,3H2,1-2H3,(H,21,22,23). The van der Waals surface area contributed by atoms with Crippen LogP contribution < -0.4 is 5.32 Å². The number of benzene rings is 2. The number of fused-ring (bicyclic) bond motifs is 3. The minimum atomic E-state index is 0.0431. The van der Waals surface area contributed by atoms with Gasteiger partial charge in [-0.25, -0.2) is 9.97 Å². The Labute approximate surface area is 144 Å². The number of nitrogens with one attached hydrogen (secondary N) is 1. The molecule has 0 bridgehead atoms. The van der Waals surface area contributed by atoms with Gasteiger partial charge in [0.25, 0.3) is 0 Å². The molecule has 4 rings (SSSR count). The number of anilines is 2. The minimum Gasteiger partial charge on any atom is -0.450 e. The molecule has 2 aromatic heterocycles. The maximum Gasteiger partial charge on any atom is 0.196 e. The van der Waals surface area contributed by atoms with Gasteiger partial charge in [0.1, 0.15) is 16.9 Å². The second-order valence-corrected chi connectivity index (χ2v) is 5.88. The molecule has 0 saturated heterocycles. The molecule has 124 valence electrons. The average Bonchev–Trinajstić information content (AvgIpc) is 3.01. The highest BCUT2D eigenvalue weighted by Crippen LogP contribution is 2.32. The number of ketones is 1. The molecule has 0 spiro atoms. The van der Waals surface area contributed by atoms with Gasteiger partial charge in [-0.3, -0.25) is 4.79 Å². The van der Waals surface area contributed by atoms with Crippen LogP contribution in [0.2, 0.25) is 0 Å². The van der Waals surface area contributed by atoms with Crippen molar-refractivity contribution in [2.75, 3.05) is 5.32 Å². The van der Waals surface area contributed by atoms with Crippen LogP contribution in [0.25, 0.3) is 22.1 Å². The quantitative estimate of drug-likeness (QED) is 0.540. The highest BCUT2D eigenvalue weighted by molar-refractivity contribution is 6.06. The maximum absolute atomic E-state index is 11.4. The third kappa shape index (κ3) is 2.74. The monoisotopic (exact) mass is 331 g/mol. The number of hydrogen-bond acceptors (Lipinski definition) is 5. The van der Waals surface area contributed by atoms with E-state index in [1.165, 1.54) is 0 Å². The van der Waals surface area contributed by atoms with Crippen LogP contribution in [-0.2, 0) is 6.42 Å². The van der Waals surface area contributed by atoms with Crippen LogP contribution in [0.5, 0.6) is 0 Å². The molecule has 0 saturated carbocycles. The summed E-state index contributed by atoms with van der Waals surface area (Å²) >= 11 is 0. The van der Waals surface area contributed by atoms with Crippen molar-refractivity contribution in [3.63, 3.8) is 0 Å². The molecule has 0 fully saturated rings. The number of aromatic nitrogens is 2. The molecule has 2 heterocycles. The second kappa shape index (κ2) is 6.02. The Morgan fingerprint density at radius 1 is 1.08 bits per heavy atom. The molecule has 1 N–H and O–H groups in total. The van der Waals surface area contributed by atoms with Gasteiger partial charge in [0.2, 0.25) is 0 Å². The maximum atomic E-state index is 11.4. The molecule has 0 amide bonds. The smallest absolute Gasteiger partial charge is 0.196 e. The van der Waals surface area contributed by atoms with E-state index in [9.17, 15) is 4.79 Å². The molecule has 0 aliphatic rings. The lowest BCUT2D eigenvalue weighted by atomic mass is 10.1. The Bertz CT molecular complexity index is 1080. The summed E-state index contributed by atoms with van der Waals surface area (Å²) in [5.74, 6) is 1.43. The fraction of sp³-hybridized carbons (Fsp3) is 0.150. The molecule has 0 unspecified atom stereocenters. The summed E-state index contributed by atoms with van der Waals surface area (Å²) in [5, 5.41) is 4.27. The van der Waals surface area contributed by atoms with Gasteiger partial charge < -0.3 is 9.73 Å². The predicted molar refractivity (Wildman–Crippen MR) is 98.4 cm³/mol. The van der Waals surface area contributed by atoms with Crippen LogP contribution in [0.15, 0.2) is 52.9 Å². The first kappa shape index (κ1) is 15.3. The number of para-hydroxylation sites is 1. The van der Waals surface area contributed by atoms with E-state index in [1.54, 1.807) is 19.1 Å². The fourth-order valence-corrected chi connectivity index (χ4v) is 2.81. The van der Waals surface area contributed by atoms with Crippen LogP contribution in [0.4, 0.5) is 11.5 Å². The number of rotatable bonds is 4. The summed E-state index contributed by atoms with van der Waals surface area (Å²) in [6, 6.07) is 15.1. The summed E-state index contributed by atoms with van der Waals surface area (Å²) in [5.41, 5.74) is 3.75. The SMILES string of the molecule is CCc1nc(Nc2ccc(C(C)=O)cc2)c2oc3ccccc3c2n1. The van der Waals surface area contributed by atoms with Crippen LogP contribution in [-0.4, -0.2) is 15.8 Å². The largest absolute Gasteiger partial charge is 0.450 e. The van der Waals surface area contributed by atoms with Gasteiger partial charge in [-0.1, -0.05) is 19.1 Å². The Balaban J connectivity index is 1.83. The van der Waals surface area contributed by atoms with Crippen molar-refractivity contribution < 1.29 is 9.21 Å². The fourth-order valence-electron chi connectivity index (χ4n) is 2.81. The molecule has 0 aliphatic heterocycles. The number of furan rings is 1. The van der Waals surface area contributed by atoms with Gasteiger partial charge in [0, 0.05) is 23.1 Å². The lowest BCUT2D eigenvalue weighted by Gasteiger charge is -2.08. The number of carbonyl (C=O) groups is 1. The first-order chi connectivity index (χ1) is 12.2. The van der Waals surface area contributed by atoms with Crippen molar-refractivity contribution in [3.8, 4) is 0 Å². The Kier molecular flexibility index (Phi) is 3.69. The van der Waals surface area contributed by atoms with E-state index in [1.807, 2.05) is 43.3 Å². The molecule has 2 aromatic carbocycles. The van der Waals surface area contributed by atoms with Crippen LogP contribution in [0.3, 0.4) is 0 Å². The molecular weight excluding hydrogens is 314 g/mol. The average molecular weight is 331 g/mol. The first-order valence-electron chi connectivity index (χ1n) is 8.22. The molecule has 5 nitrogen and oxygen atoms in total. The molecule has 0 aliphatic carbocycles. The van der Waals surface area contributed by atoms with Crippen molar-refractivity contribution in [2.45, 2.75) is 20.3 Å². The third-order valence-corrected chi connectivity index (χ3v) is 4.14. The van der Waals surface area contributed by atoms with Crippen molar-refractivity contribution in [2.24, 2.45) is 0 Å². The minimum absolute atomic E-state index is 0.0431. The Morgan fingerprint density at radius 3 is 2.56 bits per heavy atom. The predicted octanol–water partition coefficient (Wildman–Crippen LogP) is 4.88. The van der Waals surface area contributed by atoms with Gasteiger partial charge in [0.05, 0.1) is 0 Å². The van der Waals surface area contributed by atoms with E-state index in [0.717, 1.165) is 34.4 Å². The molecule has 0 radical (unpaired) electrons. The van der Waals surface area contributed by atoms with Crippen LogP contribution in [0, 0.1) is 0 Å². The van der Waals surface area contributed by atoms with Crippen molar-refractivity contribution in [1.82, 2.24) is 9.97 Å². The van der Waals surface area contributed by atoms with E-state index >= 15 is 0 Å². The van der Waals surface area contributed by atoms with E-state index in [-0.39, 0.29) is 5.78 Å². The molecule has 5 heteroatoms. The number of hydrogen-bond donors (Lipinski definition) is 1. The van der Waals surface area contributed by atoms with E-state index in [0.29, 0.717) is 17.0 Å². The van der Waals surface area contributed by atoms with Gasteiger partial charge in [-0.2, -0.15) is 0 Å². The second-order valence-electron chi connectivity index (χ2n) is 5.88. The highest BCUT2D eigenvalue weighted by Gasteiger charge is 2.15. The lowest BCUT2D eigenvalue weighted by Crippen LogP contribution is -2.00. The number of carbonyl (C=O) groups excluding carboxylic acids is 1. The molecule has 0 atom stereocenters. The van der Waals surface area contributed by atoms with Gasteiger partial charge in [0.15, 0.2) is 17.2 Å². The van der Waals surface area contributed by atoms with E-state index < -0.39 is 0 Å². The van der Waals surface area contributed by atoms with Crippen LogP contribution >= 0.6 is 0 Å². The zero-order valence-corrected chi connectivity index (χ0v) is 14.0. The third-order valence-electron chi connectivity index (χ3n) is 4.14. The van der Waals surface area contributed by atoms with Crippen molar-refractivity contribution in [3.05, 3.63) is 59.9 Å². The Hall–Kier alpha value is -3.21.